The summed E-state index contributed by atoms with van der Waals surface area (Å²) in [6, 6.07) is 0.401. The van der Waals surface area contributed by atoms with Gasteiger partial charge in [-0.05, 0) is 31.8 Å². The highest BCUT2D eigenvalue weighted by molar-refractivity contribution is 7.09. The van der Waals surface area contributed by atoms with Crippen LogP contribution in [0.4, 0.5) is 13.2 Å². The molecule has 2 N–H and O–H groups in total. The zero-order chi connectivity index (χ0) is 19.9. The summed E-state index contributed by atoms with van der Waals surface area (Å²) in [7, 11) is 1.66. The van der Waals surface area contributed by atoms with Crippen LogP contribution in [0.25, 0.3) is 0 Å². The minimum atomic E-state index is -4.40. The molecule has 9 heteroatoms. The number of guanidine groups is 1. The van der Waals surface area contributed by atoms with Crippen molar-refractivity contribution < 1.29 is 13.2 Å². The average molecular weight is 406 g/mol. The number of nitrogens with one attached hydrogen (secondary N) is 2. The molecule has 0 aromatic carbocycles. The van der Waals surface area contributed by atoms with Gasteiger partial charge in [-0.2, -0.15) is 13.2 Å². The Hall–Kier alpha value is -1.35. The Bertz CT molecular complexity index is 592. The number of nitrogens with zero attached hydrogens (tertiary/aromatic N) is 3. The van der Waals surface area contributed by atoms with Crippen LogP contribution >= 0.6 is 11.3 Å². The van der Waals surface area contributed by atoms with Crippen molar-refractivity contribution in [3.05, 3.63) is 16.1 Å². The standard InChI is InChI=1S/C18H30F3N5S/c1-13(2)14(26-8-6-4-5-7-9-26)10-23-17(22-3)24-11-16-25-15(12-27-16)18(19,20)21/h12-14H,4-11H2,1-3H3,(H2,22,23,24). The van der Waals surface area contributed by atoms with Gasteiger partial charge in [0.2, 0.25) is 0 Å². The van der Waals surface area contributed by atoms with E-state index in [4.69, 9.17) is 0 Å². The number of rotatable bonds is 6. The molecule has 0 aliphatic carbocycles. The maximum absolute atomic E-state index is 12.6. The molecule has 0 bridgehead atoms. The molecule has 27 heavy (non-hydrogen) atoms. The molecule has 1 unspecified atom stereocenters. The van der Waals surface area contributed by atoms with Crippen molar-refractivity contribution >= 4 is 17.3 Å². The second kappa shape index (κ2) is 10.3. The molecule has 0 spiro atoms. The number of likely N-dealkylation sites (tertiary alicyclic amines) is 1. The fraction of sp³-hybridized carbons (Fsp3) is 0.778. The zero-order valence-electron chi connectivity index (χ0n) is 16.3. The van der Waals surface area contributed by atoms with Crippen LogP contribution in [-0.2, 0) is 12.7 Å². The highest BCUT2D eigenvalue weighted by atomic mass is 32.1. The van der Waals surface area contributed by atoms with Crippen LogP contribution in [0, 0.1) is 5.92 Å². The summed E-state index contributed by atoms with van der Waals surface area (Å²) >= 11 is 0.999. The Morgan fingerprint density at radius 3 is 2.41 bits per heavy atom. The van der Waals surface area contributed by atoms with Gasteiger partial charge in [0.1, 0.15) is 5.01 Å². The lowest BCUT2D eigenvalue weighted by Gasteiger charge is -2.34. The molecule has 1 aromatic rings. The van der Waals surface area contributed by atoms with E-state index in [0.717, 1.165) is 36.4 Å². The molecule has 1 fully saturated rings. The largest absolute Gasteiger partial charge is 0.434 e. The van der Waals surface area contributed by atoms with E-state index in [0.29, 0.717) is 22.9 Å². The van der Waals surface area contributed by atoms with Gasteiger partial charge in [-0.1, -0.05) is 26.7 Å². The number of aliphatic imine (C=N–C) groups is 1. The highest BCUT2D eigenvalue weighted by Crippen LogP contribution is 2.29. The monoisotopic (exact) mass is 405 g/mol. The third kappa shape index (κ3) is 6.95. The number of hydrogen-bond donors (Lipinski definition) is 2. The van der Waals surface area contributed by atoms with Crippen LogP contribution in [0.5, 0.6) is 0 Å². The normalized spacial score (nSPS) is 18.4. The molecule has 2 rings (SSSR count). The van der Waals surface area contributed by atoms with Gasteiger partial charge in [-0.25, -0.2) is 4.98 Å². The molecular weight excluding hydrogens is 375 g/mol. The van der Waals surface area contributed by atoms with Gasteiger partial charge >= 0.3 is 6.18 Å². The van der Waals surface area contributed by atoms with Crippen LogP contribution in [0.2, 0.25) is 0 Å². The van der Waals surface area contributed by atoms with Crippen LogP contribution in [0.15, 0.2) is 10.4 Å². The summed E-state index contributed by atoms with van der Waals surface area (Å²) in [4.78, 5) is 10.4. The lowest BCUT2D eigenvalue weighted by atomic mass is 10.0. The minimum Gasteiger partial charge on any atom is -0.355 e. The van der Waals surface area contributed by atoms with Crippen LogP contribution in [0.3, 0.4) is 0 Å². The summed E-state index contributed by atoms with van der Waals surface area (Å²) in [5.74, 6) is 1.08. The summed E-state index contributed by atoms with van der Waals surface area (Å²) < 4.78 is 37.9. The second-order valence-electron chi connectivity index (χ2n) is 7.19. The third-order valence-electron chi connectivity index (χ3n) is 4.83. The molecule has 0 amide bonds. The lowest BCUT2D eigenvalue weighted by molar-refractivity contribution is -0.140. The van der Waals surface area contributed by atoms with Gasteiger partial charge in [-0.3, -0.25) is 9.89 Å². The van der Waals surface area contributed by atoms with E-state index >= 15 is 0 Å². The molecule has 5 nitrogen and oxygen atoms in total. The van der Waals surface area contributed by atoms with Crippen molar-refractivity contribution in [2.24, 2.45) is 10.9 Å². The Kier molecular flexibility index (Phi) is 8.34. The molecule has 1 atom stereocenters. The Morgan fingerprint density at radius 2 is 1.89 bits per heavy atom. The first-order chi connectivity index (χ1) is 12.8. The number of hydrogen-bond acceptors (Lipinski definition) is 4. The third-order valence-corrected chi connectivity index (χ3v) is 5.68. The maximum atomic E-state index is 12.6. The average Bonchev–Trinajstić information content (AvgIpc) is 2.94. The van der Waals surface area contributed by atoms with Crippen molar-refractivity contribution in [2.45, 2.75) is 58.3 Å². The van der Waals surface area contributed by atoms with Crippen molar-refractivity contribution in [1.82, 2.24) is 20.5 Å². The highest BCUT2D eigenvalue weighted by Gasteiger charge is 2.33. The van der Waals surface area contributed by atoms with E-state index < -0.39 is 11.9 Å². The predicted molar refractivity (Wildman–Crippen MR) is 104 cm³/mol. The van der Waals surface area contributed by atoms with E-state index in [2.05, 4.69) is 39.4 Å². The summed E-state index contributed by atoms with van der Waals surface area (Å²) in [5, 5.41) is 7.82. The Morgan fingerprint density at radius 1 is 1.22 bits per heavy atom. The van der Waals surface area contributed by atoms with Crippen molar-refractivity contribution in [3.8, 4) is 0 Å². The van der Waals surface area contributed by atoms with Gasteiger partial charge in [-0.15, -0.1) is 11.3 Å². The molecule has 1 aliphatic rings. The molecule has 1 aromatic heterocycles. The molecule has 2 heterocycles. The SMILES string of the molecule is CN=C(NCc1nc(C(F)(F)F)cs1)NCC(C(C)C)N1CCCCCC1. The van der Waals surface area contributed by atoms with Gasteiger partial charge in [0, 0.05) is 25.0 Å². The molecule has 1 saturated heterocycles. The molecule has 0 saturated carbocycles. The number of aromatic nitrogens is 1. The summed E-state index contributed by atoms with van der Waals surface area (Å²) in [6.07, 6.45) is 0.674. The van der Waals surface area contributed by atoms with Gasteiger partial charge in [0.25, 0.3) is 0 Å². The Balaban J connectivity index is 1.86. The van der Waals surface area contributed by atoms with Crippen LogP contribution in [0.1, 0.15) is 50.2 Å². The predicted octanol–water partition coefficient (Wildman–Crippen LogP) is 3.73. The topological polar surface area (TPSA) is 52.6 Å². The molecular formula is C18H30F3N5S. The smallest absolute Gasteiger partial charge is 0.355 e. The van der Waals surface area contributed by atoms with E-state index in [9.17, 15) is 13.2 Å². The summed E-state index contributed by atoms with van der Waals surface area (Å²) in [6.45, 7) is 7.66. The minimum absolute atomic E-state index is 0.219. The first-order valence-electron chi connectivity index (χ1n) is 9.51. The maximum Gasteiger partial charge on any atom is 0.434 e. The van der Waals surface area contributed by atoms with Crippen LogP contribution < -0.4 is 10.6 Å². The van der Waals surface area contributed by atoms with Gasteiger partial charge in [0.05, 0.1) is 6.54 Å². The number of alkyl halides is 3. The number of thiazole rings is 1. The molecule has 154 valence electrons. The second-order valence-corrected chi connectivity index (χ2v) is 8.14. The first-order valence-corrected chi connectivity index (χ1v) is 10.4. The number of halogens is 3. The molecule has 1 aliphatic heterocycles. The van der Waals surface area contributed by atoms with E-state index in [1.165, 1.54) is 25.7 Å². The van der Waals surface area contributed by atoms with Crippen molar-refractivity contribution in [1.29, 1.82) is 0 Å². The van der Waals surface area contributed by atoms with Crippen molar-refractivity contribution in [3.63, 3.8) is 0 Å². The van der Waals surface area contributed by atoms with Gasteiger partial charge in [0.15, 0.2) is 11.7 Å². The van der Waals surface area contributed by atoms with E-state index in [1.54, 1.807) is 7.05 Å². The fourth-order valence-corrected chi connectivity index (χ4v) is 4.06. The zero-order valence-corrected chi connectivity index (χ0v) is 17.1. The quantitative estimate of drug-likeness (QED) is 0.559. The lowest BCUT2D eigenvalue weighted by Crippen LogP contribution is -2.49. The van der Waals surface area contributed by atoms with Crippen molar-refractivity contribution in [2.75, 3.05) is 26.7 Å². The first kappa shape index (κ1) is 21.9. The van der Waals surface area contributed by atoms with Crippen LogP contribution in [-0.4, -0.2) is 48.6 Å². The summed E-state index contributed by atoms with van der Waals surface area (Å²) in [5.41, 5.74) is -0.840. The van der Waals surface area contributed by atoms with E-state index in [-0.39, 0.29) is 6.54 Å². The van der Waals surface area contributed by atoms with E-state index in [1.807, 2.05) is 0 Å². The fourth-order valence-electron chi connectivity index (χ4n) is 3.32. The van der Waals surface area contributed by atoms with Gasteiger partial charge < -0.3 is 10.6 Å². The Labute approximate surface area is 163 Å². The molecule has 0 radical (unpaired) electrons.